The minimum atomic E-state index is -0.863. The van der Waals surface area contributed by atoms with E-state index in [4.69, 9.17) is 4.74 Å². The lowest BCUT2D eigenvalue weighted by Crippen LogP contribution is -2.22. The number of ether oxygens (including phenoxy) is 1. The molecule has 0 bridgehead atoms. The van der Waals surface area contributed by atoms with Crippen molar-refractivity contribution in [2.45, 2.75) is 51.4 Å². The fourth-order valence-corrected chi connectivity index (χ4v) is 4.40. The summed E-state index contributed by atoms with van der Waals surface area (Å²) in [6, 6.07) is 3.22. The van der Waals surface area contributed by atoms with E-state index in [1.54, 1.807) is 19.1 Å². The molecule has 1 fully saturated rings. The first-order valence-electron chi connectivity index (χ1n) is 9.55. The van der Waals surface area contributed by atoms with E-state index >= 15 is 0 Å². The predicted octanol–water partition coefficient (Wildman–Crippen LogP) is 6.41. The summed E-state index contributed by atoms with van der Waals surface area (Å²) in [5.41, 5.74) is 0.450. The Balaban J connectivity index is 1.67. The fraction of sp³-hybridized carbons (Fsp3) is 0.545. The molecular weight excluding hydrogens is 318 g/mol. The molecule has 0 radical (unpaired) electrons. The first-order valence-corrected chi connectivity index (χ1v) is 9.55. The fourth-order valence-electron chi connectivity index (χ4n) is 4.40. The third-order valence-corrected chi connectivity index (χ3v) is 5.93. The van der Waals surface area contributed by atoms with Crippen LogP contribution < -0.4 is 4.74 Å². The Hall–Kier alpha value is -1.64. The van der Waals surface area contributed by atoms with Crippen LogP contribution in [0.4, 0.5) is 8.78 Å². The second-order valence-corrected chi connectivity index (χ2v) is 7.36. The lowest BCUT2D eigenvalue weighted by atomic mass is 9.71. The van der Waals surface area contributed by atoms with Crippen molar-refractivity contribution in [1.82, 2.24) is 0 Å². The zero-order chi connectivity index (χ0) is 17.8. The minimum Gasteiger partial charge on any atom is -0.491 e. The normalized spacial score (nSPS) is 29.4. The zero-order valence-corrected chi connectivity index (χ0v) is 15.0. The lowest BCUT2D eigenvalue weighted by Gasteiger charge is -2.34. The summed E-state index contributed by atoms with van der Waals surface area (Å²) in [7, 11) is 0. The summed E-state index contributed by atoms with van der Waals surface area (Å²) >= 11 is 0. The summed E-state index contributed by atoms with van der Waals surface area (Å²) < 4.78 is 33.6. The highest BCUT2D eigenvalue weighted by Gasteiger charge is 2.29. The molecule has 2 atom stereocenters. The van der Waals surface area contributed by atoms with Crippen molar-refractivity contribution >= 4 is 0 Å². The Bertz CT molecular complexity index is 629. The van der Waals surface area contributed by atoms with Gasteiger partial charge < -0.3 is 4.74 Å². The van der Waals surface area contributed by atoms with Crippen molar-refractivity contribution in [2.75, 3.05) is 6.61 Å². The molecule has 0 spiro atoms. The summed E-state index contributed by atoms with van der Waals surface area (Å²) in [6.07, 6.45) is 13.3. The zero-order valence-electron chi connectivity index (χ0n) is 15.0. The van der Waals surface area contributed by atoms with Crippen molar-refractivity contribution in [3.05, 3.63) is 54.1 Å². The maximum atomic E-state index is 14.4. The predicted molar refractivity (Wildman–Crippen MR) is 97.8 cm³/mol. The van der Waals surface area contributed by atoms with E-state index in [0.717, 1.165) is 18.8 Å². The molecule has 1 aromatic carbocycles. The number of rotatable bonds is 5. The Morgan fingerprint density at radius 1 is 1.04 bits per heavy atom. The van der Waals surface area contributed by atoms with Crippen LogP contribution >= 0.6 is 0 Å². The molecule has 1 nitrogen and oxygen atoms in total. The first-order chi connectivity index (χ1) is 12.1. The van der Waals surface area contributed by atoms with Crippen LogP contribution in [0.5, 0.6) is 5.75 Å². The SMILES string of the molecule is C=CC1CCC(C2C=CC(c3ccc(OCC)c(F)c3F)CC2)CC1. The molecule has 0 amide bonds. The van der Waals surface area contributed by atoms with Crippen LogP contribution in [0, 0.1) is 29.4 Å². The Labute approximate surface area is 149 Å². The van der Waals surface area contributed by atoms with Gasteiger partial charge in [0.05, 0.1) is 6.61 Å². The molecule has 3 rings (SSSR count). The number of halogens is 2. The molecule has 2 unspecified atom stereocenters. The molecule has 0 aliphatic heterocycles. The van der Waals surface area contributed by atoms with Crippen molar-refractivity contribution in [3.8, 4) is 5.75 Å². The summed E-state index contributed by atoms with van der Waals surface area (Å²) in [6.45, 7) is 6.00. The monoisotopic (exact) mass is 346 g/mol. The van der Waals surface area contributed by atoms with Crippen LogP contribution in [0.2, 0.25) is 0 Å². The van der Waals surface area contributed by atoms with Gasteiger partial charge in [-0.2, -0.15) is 4.39 Å². The summed E-state index contributed by atoms with van der Waals surface area (Å²) in [5, 5.41) is 0. The molecule has 25 heavy (non-hydrogen) atoms. The third-order valence-electron chi connectivity index (χ3n) is 5.93. The van der Waals surface area contributed by atoms with Gasteiger partial charge in [-0.05, 0) is 74.8 Å². The highest BCUT2D eigenvalue weighted by Crippen LogP contribution is 2.41. The van der Waals surface area contributed by atoms with Gasteiger partial charge in [-0.15, -0.1) is 6.58 Å². The minimum absolute atomic E-state index is 0.000365. The van der Waals surface area contributed by atoms with Gasteiger partial charge in [0.15, 0.2) is 11.6 Å². The van der Waals surface area contributed by atoms with Gasteiger partial charge in [0, 0.05) is 5.92 Å². The van der Waals surface area contributed by atoms with E-state index in [1.165, 1.54) is 25.7 Å². The van der Waals surface area contributed by atoms with Gasteiger partial charge >= 0.3 is 0 Å². The highest BCUT2D eigenvalue weighted by molar-refractivity contribution is 5.35. The average Bonchev–Trinajstić information content (AvgIpc) is 2.66. The summed E-state index contributed by atoms with van der Waals surface area (Å²) in [5.74, 6) is 0.333. The molecule has 0 aromatic heterocycles. The van der Waals surface area contributed by atoms with Gasteiger partial charge in [-0.25, -0.2) is 4.39 Å². The maximum Gasteiger partial charge on any atom is 0.200 e. The standard InChI is InChI=1S/C22H28F2O/c1-3-15-5-7-16(8-6-15)17-9-11-18(12-10-17)19-13-14-20(25-4-2)22(24)21(19)23/h3,9,11,13-18H,1,4-8,10,12H2,2H3. The number of benzene rings is 1. The van der Waals surface area contributed by atoms with Crippen molar-refractivity contribution in [2.24, 2.45) is 17.8 Å². The molecule has 1 saturated carbocycles. The van der Waals surface area contributed by atoms with Gasteiger partial charge in [-0.1, -0.05) is 24.3 Å². The van der Waals surface area contributed by atoms with Crippen LogP contribution in [0.1, 0.15) is 56.9 Å². The van der Waals surface area contributed by atoms with E-state index in [0.29, 0.717) is 24.0 Å². The van der Waals surface area contributed by atoms with Crippen LogP contribution in [-0.2, 0) is 0 Å². The van der Waals surface area contributed by atoms with E-state index in [-0.39, 0.29) is 11.7 Å². The molecule has 2 aliphatic carbocycles. The molecular formula is C22H28F2O. The number of hydrogen-bond donors (Lipinski definition) is 0. The van der Waals surface area contributed by atoms with E-state index in [1.807, 2.05) is 0 Å². The molecule has 3 heteroatoms. The Morgan fingerprint density at radius 3 is 2.40 bits per heavy atom. The molecule has 2 aliphatic rings. The van der Waals surface area contributed by atoms with E-state index < -0.39 is 11.6 Å². The van der Waals surface area contributed by atoms with Crippen LogP contribution in [0.3, 0.4) is 0 Å². The average molecular weight is 346 g/mol. The summed E-state index contributed by atoms with van der Waals surface area (Å²) in [4.78, 5) is 0. The maximum absolute atomic E-state index is 14.4. The van der Waals surface area contributed by atoms with Crippen LogP contribution in [0.15, 0.2) is 36.9 Å². The lowest BCUT2D eigenvalue weighted by molar-refractivity contribution is 0.236. The molecule has 0 heterocycles. The largest absolute Gasteiger partial charge is 0.491 e. The second-order valence-electron chi connectivity index (χ2n) is 7.36. The van der Waals surface area contributed by atoms with Gasteiger partial charge in [0.1, 0.15) is 0 Å². The third kappa shape index (κ3) is 3.96. The molecule has 136 valence electrons. The number of hydrogen-bond acceptors (Lipinski definition) is 1. The second kappa shape index (κ2) is 8.16. The Morgan fingerprint density at radius 2 is 1.80 bits per heavy atom. The molecule has 0 N–H and O–H groups in total. The van der Waals surface area contributed by atoms with Gasteiger partial charge in [-0.3, -0.25) is 0 Å². The van der Waals surface area contributed by atoms with Crippen molar-refractivity contribution < 1.29 is 13.5 Å². The van der Waals surface area contributed by atoms with Crippen molar-refractivity contribution in [1.29, 1.82) is 0 Å². The topological polar surface area (TPSA) is 9.23 Å². The Kier molecular flexibility index (Phi) is 5.93. The van der Waals surface area contributed by atoms with Gasteiger partial charge in [0.25, 0.3) is 0 Å². The van der Waals surface area contributed by atoms with E-state index in [9.17, 15) is 8.78 Å². The molecule has 1 aromatic rings. The smallest absolute Gasteiger partial charge is 0.200 e. The quantitative estimate of drug-likeness (QED) is 0.560. The van der Waals surface area contributed by atoms with E-state index in [2.05, 4.69) is 24.8 Å². The highest BCUT2D eigenvalue weighted by atomic mass is 19.2. The molecule has 0 saturated heterocycles. The first kappa shape index (κ1) is 18.2. The van der Waals surface area contributed by atoms with Crippen LogP contribution in [0.25, 0.3) is 0 Å². The van der Waals surface area contributed by atoms with Crippen molar-refractivity contribution in [3.63, 3.8) is 0 Å². The van der Waals surface area contributed by atoms with Gasteiger partial charge in [0.2, 0.25) is 5.82 Å². The number of allylic oxidation sites excluding steroid dienone is 3. The van der Waals surface area contributed by atoms with Crippen LogP contribution in [-0.4, -0.2) is 6.61 Å².